The van der Waals surface area contributed by atoms with Gasteiger partial charge >= 0.3 is 0 Å². The maximum Gasteiger partial charge on any atom is 0.277 e. The van der Waals surface area contributed by atoms with Gasteiger partial charge in [0.1, 0.15) is 11.4 Å². The third-order valence-electron chi connectivity index (χ3n) is 6.39. The van der Waals surface area contributed by atoms with Crippen molar-refractivity contribution >= 4 is 26.8 Å². The Morgan fingerprint density at radius 1 is 1.14 bits per heavy atom. The topological polar surface area (TPSA) is 104 Å². The van der Waals surface area contributed by atoms with Crippen molar-refractivity contribution in [1.29, 1.82) is 5.26 Å². The van der Waals surface area contributed by atoms with Crippen molar-refractivity contribution in [3.05, 3.63) is 83.8 Å². The fourth-order valence-electron chi connectivity index (χ4n) is 4.52. The lowest BCUT2D eigenvalue weighted by atomic mass is 10.0. The molecule has 2 aromatic carbocycles. The molecule has 1 atom stereocenters. The van der Waals surface area contributed by atoms with E-state index in [1.807, 2.05) is 24.3 Å². The minimum absolute atomic E-state index is 0.157. The van der Waals surface area contributed by atoms with Crippen LogP contribution < -0.4 is 0 Å². The van der Waals surface area contributed by atoms with Gasteiger partial charge in [-0.05, 0) is 67.3 Å². The van der Waals surface area contributed by atoms with E-state index < -0.39 is 21.9 Å². The van der Waals surface area contributed by atoms with Crippen molar-refractivity contribution in [1.82, 2.24) is 9.29 Å². The second kappa shape index (κ2) is 9.64. The standard InChI is InChI=1S/C27H22FN3O4S/c28-22-8-10-26-21(15-22)16-27(35-26)36(33,34)31-13-1-2-24(31)25(32)9-5-18-11-12-30-23(14-18)20-6-3-19(17-29)4-7-20/h3-4,6-8,10-12,14-16,24H,1-2,5,9,13H2. The number of carbonyl (C=O) groups excluding carboxylic acids is 1. The molecule has 9 heteroatoms. The molecule has 0 bridgehead atoms. The van der Waals surface area contributed by atoms with Gasteiger partial charge in [-0.1, -0.05) is 12.1 Å². The molecule has 1 aliphatic rings. The highest BCUT2D eigenvalue weighted by atomic mass is 32.2. The Bertz CT molecular complexity index is 1590. The van der Waals surface area contributed by atoms with Crippen LogP contribution in [0.4, 0.5) is 4.39 Å². The molecule has 0 radical (unpaired) electrons. The van der Waals surface area contributed by atoms with Crippen molar-refractivity contribution in [2.45, 2.75) is 36.8 Å². The monoisotopic (exact) mass is 503 g/mol. The van der Waals surface area contributed by atoms with Crippen LogP contribution in [0.1, 0.15) is 30.4 Å². The number of aryl methyl sites for hydroxylation is 1. The number of nitrogens with zero attached hydrogens (tertiary/aromatic N) is 3. The zero-order valence-corrected chi connectivity index (χ0v) is 20.0. The van der Waals surface area contributed by atoms with E-state index in [9.17, 15) is 17.6 Å². The first kappa shape index (κ1) is 23.9. The van der Waals surface area contributed by atoms with E-state index in [1.54, 1.807) is 18.3 Å². The summed E-state index contributed by atoms with van der Waals surface area (Å²) < 4.78 is 46.8. The molecule has 1 unspecified atom stereocenters. The minimum Gasteiger partial charge on any atom is -0.443 e. The summed E-state index contributed by atoms with van der Waals surface area (Å²) in [5.74, 6) is -0.644. The lowest BCUT2D eigenvalue weighted by Crippen LogP contribution is -2.40. The highest BCUT2D eigenvalue weighted by Crippen LogP contribution is 2.31. The molecule has 5 rings (SSSR count). The molecule has 0 N–H and O–H groups in total. The van der Waals surface area contributed by atoms with E-state index in [0.717, 1.165) is 16.8 Å². The smallest absolute Gasteiger partial charge is 0.277 e. The van der Waals surface area contributed by atoms with Gasteiger partial charge in [-0.2, -0.15) is 9.57 Å². The molecule has 3 heterocycles. The van der Waals surface area contributed by atoms with Crippen molar-refractivity contribution in [3.8, 4) is 17.3 Å². The van der Waals surface area contributed by atoms with Crippen LogP contribution >= 0.6 is 0 Å². The largest absolute Gasteiger partial charge is 0.443 e. The summed E-state index contributed by atoms with van der Waals surface area (Å²) in [5, 5.41) is 9.04. The first-order chi connectivity index (χ1) is 17.3. The Balaban J connectivity index is 1.30. The highest BCUT2D eigenvalue weighted by Gasteiger charge is 2.40. The van der Waals surface area contributed by atoms with E-state index in [2.05, 4.69) is 11.1 Å². The van der Waals surface area contributed by atoms with Gasteiger partial charge in [-0.3, -0.25) is 9.78 Å². The number of halogens is 1. The quantitative estimate of drug-likeness (QED) is 0.357. The zero-order chi connectivity index (χ0) is 25.3. The Morgan fingerprint density at radius 3 is 2.72 bits per heavy atom. The SMILES string of the molecule is N#Cc1ccc(-c2cc(CCC(=O)C3CCCN3S(=O)(=O)c3cc4cc(F)ccc4o3)ccn2)cc1. The third kappa shape index (κ3) is 4.65. The Morgan fingerprint density at radius 2 is 1.94 bits per heavy atom. The Labute approximate surface area is 207 Å². The molecule has 0 amide bonds. The molecule has 7 nitrogen and oxygen atoms in total. The minimum atomic E-state index is -4.05. The molecule has 0 saturated carbocycles. The van der Waals surface area contributed by atoms with Gasteiger partial charge < -0.3 is 4.42 Å². The molecule has 1 aliphatic heterocycles. The summed E-state index contributed by atoms with van der Waals surface area (Å²) in [5.41, 5.74) is 3.33. The number of rotatable bonds is 7. The third-order valence-corrected chi connectivity index (χ3v) is 8.15. The van der Waals surface area contributed by atoms with E-state index in [1.165, 1.54) is 28.6 Å². The van der Waals surface area contributed by atoms with Gasteiger partial charge in [0, 0.05) is 36.2 Å². The van der Waals surface area contributed by atoms with E-state index in [0.29, 0.717) is 30.2 Å². The summed E-state index contributed by atoms with van der Waals surface area (Å²) >= 11 is 0. The van der Waals surface area contributed by atoms with Gasteiger partial charge in [-0.25, -0.2) is 12.8 Å². The summed E-state index contributed by atoms with van der Waals surface area (Å²) in [6.07, 6.45) is 3.31. The number of ketones is 1. The second-order valence-corrected chi connectivity index (χ2v) is 10.5. The van der Waals surface area contributed by atoms with Crippen LogP contribution in [0.15, 0.2) is 76.4 Å². The van der Waals surface area contributed by atoms with Crippen LogP contribution in [0, 0.1) is 17.1 Å². The molecule has 1 fully saturated rings. The first-order valence-electron chi connectivity index (χ1n) is 11.5. The predicted molar refractivity (Wildman–Crippen MR) is 131 cm³/mol. The fourth-order valence-corrected chi connectivity index (χ4v) is 6.15. The lowest BCUT2D eigenvalue weighted by molar-refractivity contribution is -0.122. The molecule has 1 saturated heterocycles. The van der Waals surface area contributed by atoms with E-state index in [-0.39, 0.29) is 29.4 Å². The van der Waals surface area contributed by atoms with Gasteiger partial charge in [0.2, 0.25) is 5.09 Å². The van der Waals surface area contributed by atoms with Crippen LogP contribution in [0.5, 0.6) is 0 Å². The second-order valence-electron chi connectivity index (χ2n) is 8.73. The average Bonchev–Trinajstić information content (AvgIpc) is 3.56. The maximum atomic E-state index is 13.5. The van der Waals surface area contributed by atoms with Crippen molar-refractivity contribution in [2.75, 3.05) is 6.54 Å². The molecular formula is C27H22FN3O4S. The number of sulfonamides is 1. The molecule has 182 valence electrons. The van der Waals surface area contributed by atoms with Gasteiger partial charge in [0.05, 0.1) is 23.4 Å². The van der Waals surface area contributed by atoms with Crippen molar-refractivity contribution in [2.24, 2.45) is 0 Å². The molecule has 0 aliphatic carbocycles. The summed E-state index contributed by atoms with van der Waals surface area (Å²) in [4.78, 5) is 17.5. The van der Waals surface area contributed by atoms with Gasteiger partial charge in [-0.15, -0.1) is 0 Å². The molecule has 2 aromatic heterocycles. The molecular weight excluding hydrogens is 481 g/mol. The number of aromatic nitrogens is 1. The number of benzene rings is 2. The number of carbonyl (C=O) groups is 1. The van der Waals surface area contributed by atoms with Crippen LogP contribution in [-0.4, -0.2) is 36.1 Å². The number of Topliss-reactive ketones (excluding diaryl/α,β-unsaturated/α-hetero) is 1. The zero-order valence-electron chi connectivity index (χ0n) is 19.2. The summed E-state index contributed by atoms with van der Waals surface area (Å²) in [6.45, 7) is 0.224. The Kier molecular flexibility index (Phi) is 6.39. The highest BCUT2D eigenvalue weighted by molar-refractivity contribution is 7.89. The van der Waals surface area contributed by atoms with Crippen LogP contribution in [-0.2, 0) is 21.2 Å². The Hall–Kier alpha value is -3.87. The van der Waals surface area contributed by atoms with Gasteiger partial charge in [0.15, 0.2) is 5.78 Å². The molecule has 0 spiro atoms. The number of furan rings is 1. The summed E-state index contributed by atoms with van der Waals surface area (Å²) in [7, 11) is -4.05. The lowest BCUT2D eigenvalue weighted by Gasteiger charge is -2.21. The first-order valence-corrected chi connectivity index (χ1v) is 13.0. The predicted octanol–water partition coefficient (Wildman–Crippen LogP) is 4.86. The number of pyridine rings is 1. The van der Waals surface area contributed by atoms with Crippen LogP contribution in [0.25, 0.3) is 22.2 Å². The normalized spacial score (nSPS) is 16.3. The van der Waals surface area contributed by atoms with Crippen molar-refractivity contribution < 1.29 is 22.0 Å². The number of nitriles is 1. The molecule has 36 heavy (non-hydrogen) atoms. The van der Waals surface area contributed by atoms with Gasteiger partial charge in [0.25, 0.3) is 10.0 Å². The average molecular weight is 504 g/mol. The van der Waals surface area contributed by atoms with Crippen LogP contribution in [0.3, 0.4) is 0 Å². The number of fused-ring (bicyclic) bond motifs is 1. The fraction of sp³-hybridized carbons (Fsp3) is 0.222. The number of hydrogen-bond acceptors (Lipinski definition) is 6. The van der Waals surface area contributed by atoms with E-state index >= 15 is 0 Å². The summed E-state index contributed by atoms with van der Waals surface area (Å²) in [6, 6.07) is 17.2. The van der Waals surface area contributed by atoms with Crippen molar-refractivity contribution in [3.63, 3.8) is 0 Å². The number of hydrogen-bond donors (Lipinski definition) is 0. The van der Waals surface area contributed by atoms with Crippen LogP contribution in [0.2, 0.25) is 0 Å². The van der Waals surface area contributed by atoms with E-state index in [4.69, 9.17) is 9.68 Å². The maximum absolute atomic E-state index is 13.5. The molecule has 4 aromatic rings.